The van der Waals surface area contributed by atoms with Gasteiger partial charge in [-0.05, 0) is 19.8 Å². The Bertz CT molecular complexity index is 225. The lowest BCUT2D eigenvalue weighted by atomic mass is 9.88. The molecule has 0 N–H and O–H groups in total. The quantitative estimate of drug-likeness (QED) is 0.674. The number of carbonyl (C=O) groups is 2. The Morgan fingerprint density at radius 3 is 2.31 bits per heavy atom. The van der Waals surface area contributed by atoms with Crippen LogP contribution < -0.4 is 0 Å². The van der Waals surface area contributed by atoms with Crippen LogP contribution in [-0.2, 0) is 9.59 Å². The zero-order chi connectivity index (χ0) is 10.0. The summed E-state index contributed by atoms with van der Waals surface area (Å²) >= 11 is 0. The van der Waals surface area contributed by atoms with E-state index in [0.29, 0.717) is 6.42 Å². The van der Waals surface area contributed by atoms with E-state index in [9.17, 15) is 14.0 Å². The molecule has 2 nitrogen and oxygen atoms in total. The zero-order valence-electron chi connectivity index (χ0n) is 8.05. The van der Waals surface area contributed by atoms with Crippen LogP contribution in [0.15, 0.2) is 0 Å². The first-order valence-corrected chi connectivity index (χ1v) is 4.73. The average molecular weight is 186 g/mol. The van der Waals surface area contributed by atoms with Crippen LogP contribution in [0.2, 0.25) is 0 Å². The second-order valence-electron chi connectivity index (χ2n) is 3.71. The van der Waals surface area contributed by atoms with Crippen molar-refractivity contribution >= 4 is 11.6 Å². The Balaban J connectivity index is 2.71. The first-order chi connectivity index (χ1) is 6.06. The molecule has 13 heavy (non-hydrogen) atoms. The molecule has 1 saturated carbocycles. The molecule has 0 aromatic heterocycles. The highest BCUT2D eigenvalue weighted by Gasteiger charge is 2.40. The van der Waals surface area contributed by atoms with Crippen molar-refractivity contribution in [1.82, 2.24) is 0 Å². The lowest BCUT2D eigenvalue weighted by Crippen LogP contribution is -2.23. The first kappa shape index (κ1) is 10.4. The monoisotopic (exact) mass is 186 g/mol. The molecule has 0 aromatic rings. The molecule has 0 bridgehead atoms. The summed E-state index contributed by atoms with van der Waals surface area (Å²) in [5.41, 5.74) is 0. The Morgan fingerprint density at radius 1 is 1.31 bits per heavy atom. The van der Waals surface area contributed by atoms with E-state index in [1.807, 2.05) is 0 Å². The third-order valence-corrected chi connectivity index (χ3v) is 2.79. The summed E-state index contributed by atoms with van der Waals surface area (Å²) in [5.74, 6) is -0.729. The van der Waals surface area contributed by atoms with Gasteiger partial charge in [-0.2, -0.15) is 0 Å². The molecule has 0 aromatic carbocycles. The Labute approximate surface area is 77.5 Å². The number of alkyl halides is 1. The molecular formula is C10H15FO2. The van der Waals surface area contributed by atoms with Gasteiger partial charge in [-0.1, -0.05) is 6.92 Å². The molecule has 0 saturated heterocycles. The molecule has 74 valence electrons. The topological polar surface area (TPSA) is 34.1 Å². The van der Waals surface area contributed by atoms with E-state index in [1.54, 1.807) is 6.92 Å². The summed E-state index contributed by atoms with van der Waals surface area (Å²) < 4.78 is 13.0. The molecule has 0 heterocycles. The fourth-order valence-electron chi connectivity index (χ4n) is 2.04. The second-order valence-corrected chi connectivity index (χ2v) is 3.71. The van der Waals surface area contributed by atoms with Crippen molar-refractivity contribution < 1.29 is 14.0 Å². The number of rotatable bonds is 3. The van der Waals surface area contributed by atoms with Crippen molar-refractivity contribution in [2.45, 2.75) is 39.3 Å². The van der Waals surface area contributed by atoms with Crippen molar-refractivity contribution in [3.05, 3.63) is 0 Å². The molecule has 1 rings (SSSR count). The summed E-state index contributed by atoms with van der Waals surface area (Å²) in [5, 5.41) is 0. The highest BCUT2D eigenvalue weighted by Crippen LogP contribution is 2.35. The highest BCUT2D eigenvalue weighted by molar-refractivity contribution is 5.89. The van der Waals surface area contributed by atoms with Crippen LogP contribution in [0.4, 0.5) is 4.39 Å². The minimum atomic E-state index is -0.964. The SMILES string of the molecule is CCC(=O)C1CC(F)CC1C(C)=O. The van der Waals surface area contributed by atoms with E-state index in [2.05, 4.69) is 0 Å². The predicted molar refractivity (Wildman–Crippen MR) is 47.1 cm³/mol. The van der Waals surface area contributed by atoms with Crippen LogP contribution >= 0.6 is 0 Å². The minimum absolute atomic E-state index is 0.0281. The van der Waals surface area contributed by atoms with Gasteiger partial charge in [0.2, 0.25) is 0 Å². The second kappa shape index (κ2) is 3.99. The number of hydrogen-bond donors (Lipinski definition) is 0. The summed E-state index contributed by atoms with van der Waals surface area (Å²) in [6.45, 7) is 3.20. The predicted octanol–water partition coefficient (Wildman–Crippen LogP) is 1.92. The number of carbonyl (C=O) groups excluding carboxylic acids is 2. The molecule has 3 atom stereocenters. The van der Waals surface area contributed by atoms with E-state index in [1.165, 1.54) is 6.92 Å². The number of halogens is 1. The van der Waals surface area contributed by atoms with Crippen molar-refractivity contribution in [3.63, 3.8) is 0 Å². The van der Waals surface area contributed by atoms with Crippen molar-refractivity contribution in [1.29, 1.82) is 0 Å². The molecule has 0 radical (unpaired) electrons. The van der Waals surface area contributed by atoms with Gasteiger partial charge in [0, 0.05) is 18.3 Å². The third-order valence-electron chi connectivity index (χ3n) is 2.79. The minimum Gasteiger partial charge on any atom is -0.300 e. The van der Waals surface area contributed by atoms with Crippen LogP contribution in [0.25, 0.3) is 0 Å². The van der Waals surface area contributed by atoms with Crippen LogP contribution in [-0.4, -0.2) is 17.7 Å². The molecule has 1 aliphatic carbocycles. The van der Waals surface area contributed by atoms with Gasteiger partial charge in [0.1, 0.15) is 17.7 Å². The molecular weight excluding hydrogens is 171 g/mol. The maximum Gasteiger partial charge on any atom is 0.136 e. The zero-order valence-corrected chi connectivity index (χ0v) is 8.05. The molecule has 1 aliphatic rings. The standard InChI is InChI=1S/C10H15FO2/c1-3-10(13)9-5-7(11)4-8(9)6(2)12/h7-9H,3-5H2,1-2H3. The van der Waals surface area contributed by atoms with Gasteiger partial charge in [-0.15, -0.1) is 0 Å². The van der Waals surface area contributed by atoms with Gasteiger partial charge in [0.15, 0.2) is 0 Å². The molecule has 0 amide bonds. The van der Waals surface area contributed by atoms with Crippen molar-refractivity contribution in [3.8, 4) is 0 Å². The highest BCUT2D eigenvalue weighted by atomic mass is 19.1. The smallest absolute Gasteiger partial charge is 0.136 e. The van der Waals surface area contributed by atoms with Gasteiger partial charge in [-0.25, -0.2) is 4.39 Å². The molecule has 3 heteroatoms. The van der Waals surface area contributed by atoms with Crippen LogP contribution in [0.3, 0.4) is 0 Å². The summed E-state index contributed by atoms with van der Waals surface area (Å²) in [4.78, 5) is 22.5. The van der Waals surface area contributed by atoms with Gasteiger partial charge >= 0.3 is 0 Å². The molecule has 0 spiro atoms. The molecule has 1 fully saturated rings. The van der Waals surface area contributed by atoms with E-state index in [0.717, 1.165) is 0 Å². The Morgan fingerprint density at radius 2 is 1.85 bits per heavy atom. The van der Waals surface area contributed by atoms with Crippen LogP contribution in [0.1, 0.15) is 33.1 Å². The first-order valence-electron chi connectivity index (χ1n) is 4.73. The number of ketones is 2. The fraction of sp³-hybridized carbons (Fsp3) is 0.800. The van der Waals surface area contributed by atoms with Crippen LogP contribution in [0, 0.1) is 11.8 Å². The summed E-state index contributed by atoms with van der Waals surface area (Å²) in [6.07, 6.45) is -0.0708. The van der Waals surface area contributed by atoms with Crippen molar-refractivity contribution in [2.24, 2.45) is 11.8 Å². The largest absolute Gasteiger partial charge is 0.300 e. The van der Waals surface area contributed by atoms with E-state index in [4.69, 9.17) is 0 Å². The Hall–Kier alpha value is -0.730. The normalized spacial score (nSPS) is 33.3. The Kier molecular flexibility index (Phi) is 3.17. The fourth-order valence-corrected chi connectivity index (χ4v) is 2.04. The number of Topliss-reactive ketones (excluding diaryl/α,β-unsaturated/α-hetero) is 2. The van der Waals surface area contributed by atoms with Gasteiger partial charge in [0.25, 0.3) is 0 Å². The lowest BCUT2D eigenvalue weighted by molar-refractivity contribution is -0.130. The van der Waals surface area contributed by atoms with E-state index in [-0.39, 0.29) is 36.2 Å². The van der Waals surface area contributed by atoms with Crippen LogP contribution in [0.5, 0.6) is 0 Å². The maximum atomic E-state index is 13.0. The van der Waals surface area contributed by atoms with Crippen molar-refractivity contribution in [2.75, 3.05) is 0 Å². The summed E-state index contributed by atoms with van der Waals surface area (Å²) in [7, 11) is 0. The van der Waals surface area contributed by atoms with Gasteiger partial charge < -0.3 is 0 Å². The molecule has 3 unspecified atom stereocenters. The summed E-state index contributed by atoms with van der Waals surface area (Å²) in [6, 6.07) is 0. The average Bonchev–Trinajstić information content (AvgIpc) is 2.46. The third kappa shape index (κ3) is 2.14. The van der Waals surface area contributed by atoms with E-state index >= 15 is 0 Å². The van der Waals surface area contributed by atoms with Gasteiger partial charge in [0.05, 0.1) is 0 Å². The van der Waals surface area contributed by atoms with E-state index < -0.39 is 6.17 Å². The lowest BCUT2D eigenvalue weighted by Gasteiger charge is -2.13. The number of hydrogen-bond acceptors (Lipinski definition) is 2. The van der Waals surface area contributed by atoms with Gasteiger partial charge in [-0.3, -0.25) is 9.59 Å². The molecule has 0 aliphatic heterocycles. The maximum absolute atomic E-state index is 13.0.